The highest BCUT2D eigenvalue weighted by molar-refractivity contribution is 6.30. The Kier molecular flexibility index (Phi) is 5.88. The van der Waals surface area contributed by atoms with Crippen molar-refractivity contribution in [2.45, 2.75) is 32.6 Å². The lowest BCUT2D eigenvalue weighted by molar-refractivity contribution is 0.0926. The number of unbranched alkanes of at least 4 members (excludes halogenated alkanes) is 3. The minimum absolute atomic E-state index is 0.167. The molecule has 0 saturated heterocycles. The fraction of sp³-hybridized carbons (Fsp3) is 0.353. The van der Waals surface area contributed by atoms with Gasteiger partial charge in [-0.3, -0.25) is 4.79 Å². The number of carbonyl (C=O) groups excluding carboxylic acids is 1. The molecule has 0 atom stereocenters. The van der Waals surface area contributed by atoms with Gasteiger partial charge in [0.1, 0.15) is 5.76 Å². The second kappa shape index (κ2) is 7.89. The fourth-order valence-electron chi connectivity index (χ4n) is 2.10. The highest BCUT2D eigenvalue weighted by Crippen LogP contribution is 2.24. The number of halogens is 1. The van der Waals surface area contributed by atoms with Gasteiger partial charge in [-0.05, 0) is 30.7 Å². The van der Waals surface area contributed by atoms with Gasteiger partial charge in [0.15, 0.2) is 5.76 Å². The first-order valence-electron chi connectivity index (χ1n) is 7.34. The summed E-state index contributed by atoms with van der Waals surface area (Å²) in [6.45, 7) is 2.85. The molecule has 0 spiro atoms. The lowest BCUT2D eigenvalue weighted by atomic mass is 10.2. The van der Waals surface area contributed by atoms with E-state index in [2.05, 4.69) is 12.2 Å². The Morgan fingerprint density at radius 1 is 1.19 bits per heavy atom. The number of benzene rings is 1. The fourth-order valence-corrected chi connectivity index (χ4v) is 2.29. The predicted molar refractivity (Wildman–Crippen MR) is 85.6 cm³/mol. The van der Waals surface area contributed by atoms with E-state index in [1.807, 2.05) is 18.2 Å². The Bertz CT molecular complexity index is 592. The molecule has 112 valence electrons. The van der Waals surface area contributed by atoms with Crippen LogP contribution < -0.4 is 5.32 Å². The molecule has 0 radical (unpaired) electrons. The number of amides is 1. The van der Waals surface area contributed by atoms with Crippen LogP contribution in [0.25, 0.3) is 11.3 Å². The van der Waals surface area contributed by atoms with Gasteiger partial charge >= 0.3 is 0 Å². The Balaban J connectivity index is 1.92. The Hall–Kier alpha value is -1.74. The summed E-state index contributed by atoms with van der Waals surface area (Å²) >= 11 is 5.95. The van der Waals surface area contributed by atoms with Crippen molar-refractivity contribution in [3.05, 3.63) is 47.2 Å². The molecule has 1 aromatic carbocycles. The van der Waals surface area contributed by atoms with E-state index >= 15 is 0 Å². The van der Waals surface area contributed by atoms with Crippen LogP contribution in [0.1, 0.15) is 43.2 Å². The van der Waals surface area contributed by atoms with Gasteiger partial charge in [-0.2, -0.15) is 0 Å². The quantitative estimate of drug-likeness (QED) is 0.738. The SMILES string of the molecule is CCCCCCNC(=O)c1ccc(-c2cccc(Cl)c2)o1. The Labute approximate surface area is 130 Å². The van der Waals surface area contributed by atoms with E-state index < -0.39 is 0 Å². The van der Waals surface area contributed by atoms with Crippen molar-refractivity contribution >= 4 is 17.5 Å². The maximum Gasteiger partial charge on any atom is 0.287 e. The zero-order valence-corrected chi connectivity index (χ0v) is 13.0. The summed E-state index contributed by atoms with van der Waals surface area (Å²) in [4.78, 5) is 12.0. The van der Waals surface area contributed by atoms with Gasteiger partial charge in [0.2, 0.25) is 0 Å². The van der Waals surface area contributed by atoms with E-state index in [1.54, 1.807) is 18.2 Å². The molecule has 1 amide bonds. The summed E-state index contributed by atoms with van der Waals surface area (Å²) in [6.07, 6.45) is 4.54. The van der Waals surface area contributed by atoms with Crippen LogP contribution in [0.4, 0.5) is 0 Å². The van der Waals surface area contributed by atoms with Gasteiger partial charge in [-0.1, -0.05) is 49.9 Å². The third-order valence-corrected chi connectivity index (χ3v) is 3.49. The topological polar surface area (TPSA) is 42.2 Å². The summed E-state index contributed by atoms with van der Waals surface area (Å²) in [5.41, 5.74) is 0.865. The zero-order chi connectivity index (χ0) is 15.1. The highest BCUT2D eigenvalue weighted by atomic mass is 35.5. The second-order valence-corrected chi connectivity index (χ2v) is 5.43. The number of nitrogens with one attached hydrogen (secondary N) is 1. The third-order valence-electron chi connectivity index (χ3n) is 3.25. The Morgan fingerprint density at radius 2 is 2.05 bits per heavy atom. The normalized spacial score (nSPS) is 10.6. The van der Waals surface area contributed by atoms with Crippen LogP contribution >= 0.6 is 11.6 Å². The molecule has 21 heavy (non-hydrogen) atoms. The summed E-state index contributed by atoms with van der Waals surface area (Å²) < 4.78 is 5.59. The van der Waals surface area contributed by atoms with Gasteiger partial charge in [0.25, 0.3) is 5.91 Å². The van der Waals surface area contributed by atoms with E-state index in [4.69, 9.17) is 16.0 Å². The molecule has 0 aliphatic rings. The zero-order valence-electron chi connectivity index (χ0n) is 12.2. The maximum absolute atomic E-state index is 12.0. The van der Waals surface area contributed by atoms with Crippen molar-refractivity contribution < 1.29 is 9.21 Å². The number of carbonyl (C=O) groups is 1. The number of rotatable bonds is 7. The molecule has 0 aliphatic heterocycles. The standard InChI is InChI=1S/C17H20ClNO2/c1-2-3-4-5-11-19-17(20)16-10-9-15(21-16)13-7-6-8-14(18)12-13/h6-10,12H,2-5,11H2,1H3,(H,19,20). The molecule has 0 bridgehead atoms. The summed E-state index contributed by atoms with van der Waals surface area (Å²) in [6, 6.07) is 10.9. The second-order valence-electron chi connectivity index (χ2n) is 4.99. The van der Waals surface area contributed by atoms with Crippen molar-refractivity contribution in [2.24, 2.45) is 0 Å². The lowest BCUT2D eigenvalue weighted by Crippen LogP contribution is -2.23. The molecular formula is C17H20ClNO2. The predicted octanol–water partition coefficient (Wildman–Crippen LogP) is 4.91. The molecule has 1 heterocycles. The van der Waals surface area contributed by atoms with Crippen LogP contribution in [0.3, 0.4) is 0 Å². The van der Waals surface area contributed by atoms with Gasteiger partial charge in [0.05, 0.1) is 0 Å². The van der Waals surface area contributed by atoms with Crippen LogP contribution in [-0.4, -0.2) is 12.5 Å². The van der Waals surface area contributed by atoms with Gasteiger partial charge in [0, 0.05) is 17.1 Å². The smallest absolute Gasteiger partial charge is 0.287 e. The van der Waals surface area contributed by atoms with Crippen LogP contribution in [0.15, 0.2) is 40.8 Å². The van der Waals surface area contributed by atoms with Crippen molar-refractivity contribution in [1.29, 1.82) is 0 Å². The van der Waals surface area contributed by atoms with Crippen molar-refractivity contribution in [1.82, 2.24) is 5.32 Å². The largest absolute Gasteiger partial charge is 0.451 e. The van der Waals surface area contributed by atoms with Crippen LogP contribution in [0.5, 0.6) is 0 Å². The molecule has 0 aliphatic carbocycles. The minimum Gasteiger partial charge on any atom is -0.451 e. The lowest BCUT2D eigenvalue weighted by Gasteiger charge is -2.02. The molecule has 0 unspecified atom stereocenters. The van der Waals surface area contributed by atoms with E-state index in [9.17, 15) is 4.79 Å². The number of hydrogen-bond acceptors (Lipinski definition) is 2. The number of hydrogen-bond donors (Lipinski definition) is 1. The molecule has 0 fully saturated rings. The molecule has 1 N–H and O–H groups in total. The van der Waals surface area contributed by atoms with E-state index in [1.165, 1.54) is 12.8 Å². The van der Waals surface area contributed by atoms with E-state index in [0.717, 1.165) is 18.4 Å². The van der Waals surface area contributed by atoms with Crippen molar-refractivity contribution in [3.8, 4) is 11.3 Å². The van der Waals surface area contributed by atoms with Gasteiger partial charge in [-0.15, -0.1) is 0 Å². The third kappa shape index (κ3) is 4.64. The van der Waals surface area contributed by atoms with E-state index in [-0.39, 0.29) is 5.91 Å². The van der Waals surface area contributed by atoms with Gasteiger partial charge < -0.3 is 9.73 Å². The van der Waals surface area contributed by atoms with Crippen molar-refractivity contribution in [2.75, 3.05) is 6.54 Å². The first-order chi connectivity index (χ1) is 10.2. The number of furan rings is 1. The average Bonchev–Trinajstić information content (AvgIpc) is 2.97. The summed E-state index contributed by atoms with van der Waals surface area (Å²) in [7, 11) is 0. The molecule has 0 saturated carbocycles. The highest BCUT2D eigenvalue weighted by Gasteiger charge is 2.11. The van der Waals surface area contributed by atoms with Gasteiger partial charge in [-0.25, -0.2) is 0 Å². The Morgan fingerprint density at radius 3 is 2.81 bits per heavy atom. The molecule has 2 rings (SSSR count). The summed E-state index contributed by atoms with van der Waals surface area (Å²) in [5, 5.41) is 3.52. The molecular weight excluding hydrogens is 286 g/mol. The molecule has 1 aromatic heterocycles. The molecule has 4 heteroatoms. The minimum atomic E-state index is -0.167. The van der Waals surface area contributed by atoms with E-state index in [0.29, 0.717) is 23.1 Å². The van der Waals surface area contributed by atoms with Crippen LogP contribution in [-0.2, 0) is 0 Å². The first kappa shape index (κ1) is 15.6. The first-order valence-corrected chi connectivity index (χ1v) is 7.72. The maximum atomic E-state index is 12.0. The van der Waals surface area contributed by atoms with Crippen molar-refractivity contribution in [3.63, 3.8) is 0 Å². The average molecular weight is 306 g/mol. The summed E-state index contributed by atoms with van der Waals surface area (Å²) in [5.74, 6) is 0.814. The monoisotopic (exact) mass is 305 g/mol. The van der Waals surface area contributed by atoms with Crippen LogP contribution in [0, 0.1) is 0 Å². The molecule has 2 aromatic rings. The van der Waals surface area contributed by atoms with Crippen LogP contribution in [0.2, 0.25) is 5.02 Å². The molecule has 3 nitrogen and oxygen atoms in total.